The predicted octanol–water partition coefficient (Wildman–Crippen LogP) is 3.04. The molecule has 2 aromatic rings. The largest absolute Gasteiger partial charge is 0.494 e. The normalized spacial score (nSPS) is 11.0. The second-order valence-electron chi connectivity index (χ2n) is 4.93. The highest BCUT2D eigenvalue weighted by Gasteiger charge is 2.14. The average molecular weight is 331 g/mol. The highest BCUT2D eigenvalue weighted by molar-refractivity contribution is 7.86. The monoisotopic (exact) mass is 331 g/mol. The fourth-order valence-corrected chi connectivity index (χ4v) is 2.76. The van der Waals surface area contributed by atoms with Gasteiger partial charge >= 0.3 is 0 Å². The summed E-state index contributed by atoms with van der Waals surface area (Å²) in [5, 5.41) is 8.70. The van der Waals surface area contributed by atoms with Gasteiger partial charge in [0.05, 0.1) is 29.7 Å². The Labute approximate surface area is 136 Å². The lowest BCUT2D eigenvalue weighted by molar-refractivity contribution is 0.250. The Morgan fingerprint density at radius 2 is 1.65 bits per heavy atom. The van der Waals surface area contributed by atoms with E-state index in [9.17, 15) is 8.42 Å². The molecule has 0 saturated carbocycles. The summed E-state index contributed by atoms with van der Waals surface area (Å²) in [7, 11) is -3.72. The van der Waals surface area contributed by atoms with Crippen LogP contribution in [0.3, 0.4) is 0 Å². The van der Waals surface area contributed by atoms with Crippen molar-refractivity contribution in [3.8, 4) is 11.8 Å². The van der Waals surface area contributed by atoms with E-state index in [2.05, 4.69) is 0 Å². The fraction of sp³-hybridized carbons (Fsp3) is 0.235. The molecule has 2 aromatic carbocycles. The first-order valence-electron chi connectivity index (χ1n) is 7.10. The minimum atomic E-state index is -3.72. The van der Waals surface area contributed by atoms with Gasteiger partial charge in [-0.2, -0.15) is 13.7 Å². The zero-order valence-electron chi connectivity index (χ0n) is 12.7. The molecular formula is C17H17NO4S. The molecule has 120 valence electrons. The molecule has 0 aliphatic heterocycles. The van der Waals surface area contributed by atoms with Gasteiger partial charge in [0.25, 0.3) is 10.1 Å². The van der Waals surface area contributed by atoms with Gasteiger partial charge in [0, 0.05) is 6.42 Å². The summed E-state index contributed by atoms with van der Waals surface area (Å²) in [4.78, 5) is 0.149. The number of hydrogen-bond acceptors (Lipinski definition) is 5. The van der Waals surface area contributed by atoms with Crippen LogP contribution in [0.25, 0.3) is 0 Å². The van der Waals surface area contributed by atoms with E-state index < -0.39 is 10.1 Å². The molecule has 0 aliphatic rings. The summed E-state index contributed by atoms with van der Waals surface area (Å²) in [5.74, 6) is 0.630. The molecule has 0 N–H and O–H groups in total. The number of benzene rings is 2. The van der Waals surface area contributed by atoms with E-state index in [-0.39, 0.29) is 11.5 Å². The first kappa shape index (κ1) is 17.0. The van der Waals surface area contributed by atoms with Crippen molar-refractivity contribution in [2.24, 2.45) is 0 Å². The van der Waals surface area contributed by atoms with Crippen LogP contribution in [-0.2, 0) is 14.3 Å². The first-order valence-corrected chi connectivity index (χ1v) is 8.51. The van der Waals surface area contributed by atoms with Crippen LogP contribution in [-0.4, -0.2) is 21.6 Å². The van der Waals surface area contributed by atoms with Crippen LogP contribution in [0.4, 0.5) is 0 Å². The summed E-state index contributed by atoms with van der Waals surface area (Å²) in [6, 6.07) is 15.2. The summed E-state index contributed by atoms with van der Waals surface area (Å²) >= 11 is 0. The first-order chi connectivity index (χ1) is 11.0. The fourth-order valence-electron chi connectivity index (χ4n) is 1.82. The predicted molar refractivity (Wildman–Crippen MR) is 85.6 cm³/mol. The quantitative estimate of drug-likeness (QED) is 0.576. The van der Waals surface area contributed by atoms with Crippen molar-refractivity contribution in [1.29, 1.82) is 5.26 Å². The number of hydrogen-bond donors (Lipinski definition) is 0. The van der Waals surface area contributed by atoms with Crippen LogP contribution in [0, 0.1) is 18.3 Å². The van der Waals surface area contributed by atoms with Gasteiger partial charge in [-0.15, -0.1) is 0 Å². The molecule has 0 radical (unpaired) electrons. The molecule has 0 unspecified atom stereocenters. The number of rotatable bonds is 7. The maximum atomic E-state index is 12.0. The van der Waals surface area contributed by atoms with Crippen molar-refractivity contribution in [3.05, 3.63) is 59.7 Å². The Morgan fingerprint density at radius 3 is 2.26 bits per heavy atom. The minimum Gasteiger partial charge on any atom is -0.494 e. The van der Waals surface area contributed by atoms with Gasteiger partial charge < -0.3 is 4.74 Å². The van der Waals surface area contributed by atoms with Crippen LogP contribution in [0.2, 0.25) is 0 Å². The second kappa shape index (κ2) is 7.77. The topological polar surface area (TPSA) is 76.4 Å². The van der Waals surface area contributed by atoms with Crippen LogP contribution < -0.4 is 4.74 Å². The SMILES string of the molecule is Cc1ccc(S(=O)(=O)OCCCOc2ccc(C#N)cc2)cc1. The van der Waals surface area contributed by atoms with E-state index in [1.54, 1.807) is 36.4 Å². The lowest BCUT2D eigenvalue weighted by Crippen LogP contribution is -2.10. The summed E-state index contributed by atoms with van der Waals surface area (Å²) in [5.41, 5.74) is 1.55. The number of nitrogens with zero attached hydrogens (tertiary/aromatic N) is 1. The molecule has 0 amide bonds. The van der Waals surface area contributed by atoms with E-state index in [0.717, 1.165) is 5.56 Å². The van der Waals surface area contributed by atoms with Crippen LogP contribution >= 0.6 is 0 Å². The third-order valence-electron chi connectivity index (χ3n) is 3.09. The average Bonchev–Trinajstić information content (AvgIpc) is 2.55. The number of ether oxygens (including phenoxy) is 1. The van der Waals surface area contributed by atoms with Gasteiger partial charge in [0.2, 0.25) is 0 Å². The zero-order valence-corrected chi connectivity index (χ0v) is 13.5. The third-order valence-corrected chi connectivity index (χ3v) is 4.42. The maximum Gasteiger partial charge on any atom is 0.296 e. The molecule has 0 heterocycles. The van der Waals surface area contributed by atoms with E-state index in [4.69, 9.17) is 14.2 Å². The molecule has 23 heavy (non-hydrogen) atoms. The van der Waals surface area contributed by atoms with E-state index in [1.165, 1.54) is 12.1 Å². The zero-order chi connectivity index (χ0) is 16.7. The highest BCUT2D eigenvalue weighted by Crippen LogP contribution is 2.14. The molecule has 0 aliphatic carbocycles. The lowest BCUT2D eigenvalue weighted by atomic mass is 10.2. The Hall–Kier alpha value is -2.36. The third kappa shape index (κ3) is 5.09. The maximum absolute atomic E-state index is 12.0. The van der Waals surface area contributed by atoms with Gasteiger partial charge in [0.15, 0.2) is 0 Å². The van der Waals surface area contributed by atoms with E-state index >= 15 is 0 Å². The standard InChI is InChI=1S/C17H17NO4S/c1-14-3-9-17(10-4-14)23(19,20)22-12-2-11-21-16-7-5-15(13-18)6-8-16/h3-10H,2,11-12H2,1H3. The molecule has 0 fully saturated rings. The molecule has 0 bridgehead atoms. The van der Waals surface area contributed by atoms with Crippen molar-refractivity contribution in [2.75, 3.05) is 13.2 Å². The van der Waals surface area contributed by atoms with Crippen molar-refractivity contribution in [3.63, 3.8) is 0 Å². The number of nitriles is 1. The van der Waals surface area contributed by atoms with Gasteiger partial charge in [-0.3, -0.25) is 4.18 Å². The molecule has 5 nitrogen and oxygen atoms in total. The molecule has 2 rings (SSSR count). The van der Waals surface area contributed by atoms with Crippen LogP contribution in [0.15, 0.2) is 53.4 Å². The second-order valence-corrected chi connectivity index (χ2v) is 6.54. The summed E-state index contributed by atoms with van der Waals surface area (Å²) < 4.78 is 34.3. The van der Waals surface area contributed by atoms with Crippen molar-refractivity contribution >= 4 is 10.1 Å². The van der Waals surface area contributed by atoms with Gasteiger partial charge in [-0.25, -0.2) is 0 Å². The van der Waals surface area contributed by atoms with E-state index in [1.807, 2.05) is 13.0 Å². The van der Waals surface area contributed by atoms with Crippen LogP contribution in [0.1, 0.15) is 17.5 Å². The molecular weight excluding hydrogens is 314 g/mol. The molecule has 6 heteroatoms. The Morgan fingerprint density at radius 1 is 1.00 bits per heavy atom. The molecule has 0 spiro atoms. The van der Waals surface area contributed by atoms with E-state index in [0.29, 0.717) is 24.3 Å². The summed E-state index contributed by atoms with van der Waals surface area (Å²) in [6.07, 6.45) is 0.436. The minimum absolute atomic E-state index is 0.0481. The number of aryl methyl sites for hydroxylation is 1. The van der Waals surface area contributed by atoms with Crippen molar-refractivity contribution in [2.45, 2.75) is 18.2 Å². The van der Waals surface area contributed by atoms with Crippen LogP contribution in [0.5, 0.6) is 5.75 Å². The molecule has 0 atom stereocenters. The smallest absolute Gasteiger partial charge is 0.296 e. The Balaban J connectivity index is 1.76. The van der Waals surface area contributed by atoms with Gasteiger partial charge in [0.1, 0.15) is 5.75 Å². The Bertz CT molecular complexity index is 775. The Kier molecular flexibility index (Phi) is 5.74. The van der Waals surface area contributed by atoms with Crippen molar-refractivity contribution < 1.29 is 17.3 Å². The highest BCUT2D eigenvalue weighted by atomic mass is 32.2. The lowest BCUT2D eigenvalue weighted by Gasteiger charge is -2.07. The molecule has 0 aromatic heterocycles. The van der Waals surface area contributed by atoms with Gasteiger partial charge in [-0.1, -0.05) is 17.7 Å². The molecule has 0 saturated heterocycles. The van der Waals surface area contributed by atoms with Gasteiger partial charge in [-0.05, 0) is 43.3 Å². The van der Waals surface area contributed by atoms with Crippen molar-refractivity contribution in [1.82, 2.24) is 0 Å². The summed E-state index contributed by atoms with van der Waals surface area (Å²) in [6.45, 7) is 2.26.